The number of hydrogen-bond donors (Lipinski definition) is 0. The summed E-state index contributed by atoms with van der Waals surface area (Å²) in [7, 11) is 0. The highest BCUT2D eigenvalue weighted by Gasteiger charge is 2.27. The van der Waals surface area contributed by atoms with Gasteiger partial charge < -0.3 is 4.74 Å². The molecule has 1 nitrogen and oxygen atoms in total. The summed E-state index contributed by atoms with van der Waals surface area (Å²) in [6, 6.07) is 10.7. The number of rotatable bonds is 5. The minimum absolute atomic E-state index is 0.469. The Hall–Kier alpha value is -0.340. The molecule has 1 aromatic carbocycles. The van der Waals surface area contributed by atoms with Crippen LogP contribution in [-0.4, -0.2) is 18.0 Å². The monoisotopic (exact) mass is 324 g/mol. The van der Waals surface area contributed by atoms with E-state index < -0.39 is 0 Å². The molecular weight excluding hydrogens is 300 g/mol. The van der Waals surface area contributed by atoms with Crippen LogP contribution in [0.3, 0.4) is 0 Å². The highest BCUT2D eigenvalue weighted by molar-refractivity contribution is 9.09. The molecule has 1 aliphatic carbocycles. The molecule has 0 spiro atoms. The first-order valence-electron chi connectivity index (χ1n) is 7.33. The van der Waals surface area contributed by atoms with Crippen LogP contribution in [0.1, 0.15) is 51.0 Å². The molecule has 0 radical (unpaired) electrons. The predicted octanol–water partition coefficient (Wildman–Crippen LogP) is 5.15. The van der Waals surface area contributed by atoms with Crippen molar-refractivity contribution in [2.45, 2.75) is 51.6 Å². The largest absolute Gasteiger partial charge is 0.378 e. The minimum atomic E-state index is 0.469. The molecular formula is C17H25BrO. The fourth-order valence-electron chi connectivity index (χ4n) is 2.75. The Labute approximate surface area is 125 Å². The van der Waals surface area contributed by atoms with E-state index in [4.69, 9.17) is 4.74 Å². The third-order valence-electron chi connectivity index (χ3n) is 4.28. The first kappa shape index (κ1) is 15.1. The molecule has 0 heterocycles. The van der Waals surface area contributed by atoms with Crippen molar-refractivity contribution in [1.82, 2.24) is 0 Å². The van der Waals surface area contributed by atoms with Gasteiger partial charge in [-0.25, -0.2) is 0 Å². The Kier molecular flexibility index (Phi) is 5.47. The van der Waals surface area contributed by atoms with Crippen molar-refractivity contribution < 1.29 is 4.74 Å². The summed E-state index contributed by atoms with van der Waals surface area (Å²) in [6.07, 6.45) is 5.50. The Bertz CT molecular complexity index is 364. The zero-order valence-electron chi connectivity index (χ0n) is 12.1. The molecule has 1 unspecified atom stereocenters. The molecule has 1 atom stereocenters. The van der Waals surface area contributed by atoms with Crippen molar-refractivity contribution in [3.05, 3.63) is 35.9 Å². The Morgan fingerprint density at radius 3 is 2.42 bits per heavy atom. The number of halogens is 1. The molecule has 0 amide bonds. The van der Waals surface area contributed by atoms with Crippen LogP contribution in [0.15, 0.2) is 30.3 Å². The number of hydrogen-bond acceptors (Lipinski definition) is 1. The average Bonchev–Trinajstić information content (AvgIpc) is 2.42. The van der Waals surface area contributed by atoms with E-state index in [1.54, 1.807) is 0 Å². The van der Waals surface area contributed by atoms with Gasteiger partial charge in [-0.3, -0.25) is 0 Å². The predicted molar refractivity (Wildman–Crippen MR) is 85.0 cm³/mol. The van der Waals surface area contributed by atoms with Crippen molar-refractivity contribution in [1.29, 1.82) is 0 Å². The fourth-order valence-corrected chi connectivity index (χ4v) is 3.31. The third-order valence-corrected chi connectivity index (χ3v) is 5.06. The zero-order valence-corrected chi connectivity index (χ0v) is 13.7. The molecule has 1 aliphatic rings. The summed E-state index contributed by atoms with van der Waals surface area (Å²) in [6.45, 7) is 5.57. The van der Waals surface area contributed by atoms with E-state index >= 15 is 0 Å². The lowest BCUT2D eigenvalue weighted by molar-refractivity contribution is -0.000184. The lowest BCUT2D eigenvalue weighted by atomic mass is 9.76. The highest BCUT2D eigenvalue weighted by atomic mass is 79.9. The molecule has 0 aromatic heterocycles. The summed E-state index contributed by atoms with van der Waals surface area (Å²) in [5.74, 6) is 0.469. The molecule has 1 fully saturated rings. The van der Waals surface area contributed by atoms with Gasteiger partial charge in [-0.1, -0.05) is 60.1 Å². The van der Waals surface area contributed by atoms with Crippen LogP contribution in [-0.2, 0) is 4.74 Å². The summed E-state index contributed by atoms with van der Waals surface area (Å²) in [5, 5.41) is 0.967. The summed E-state index contributed by atoms with van der Waals surface area (Å²) >= 11 is 3.62. The summed E-state index contributed by atoms with van der Waals surface area (Å²) in [4.78, 5) is 0. The first-order chi connectivity index (χ1) is 9.11. The van der Waals surface area contributed by atoms with Gasteiger partial charge in [0.2, 0.25) is 0 Å². The third kappa shape index (κ3) is 4.61. The zero-order chi connectivity index (χ0) is 13.7. The van der Waals surface area contributed by atoms with Gasteiger partial charge in [-0.05, 0) is 36.7 Å². The molecule has 0 bridgehead atoms. The van der Waals surface area contributed by atoms with Crippen molar-refractivity contribution in [2.75, 3.05) is 11.9 Å². The van der Waals surface area contributed by atoms with Gasteiger partial charge in [0.1, 0.15) is 0 Å². The van der Waals surface area contributed by atoms with Crippen molar-refractivity contribution in [2.24, 2.45) is 5.41 Å². The van der Waals surface area contributed by atoms with Gasteiger partial charge in [0.05, 0.1) is 12.7 Å². The molecule has 2 rings (SSSR count). The normalized spacial score (nSPS) is 21.2. The summed E-state index contributed by atoms with van der Waals surface area (Å²) < 4.78 is 6.15. The molecule has 0 aliphatic heterocycles. The second-order valence-electron chi connectivity index (χ2n) is 6.46. The van der Waals surface area contributed by atoms with E-state index in [2.05, 4.69) is 60.1 Å². The SMILES string of the molecule is CC1(C)CCC(OCC(CBr)c2ccccc2)CC1. The van der Waals surface area contributed by atoms with Crippen LogP contribution in [0.4, 0.5) is 0 Å². The molecule has 106 valence electrons. The van der Waals surface area contributed by atoms with E-state index in [0.717, 1.165) is 11.9 Å². The van der Waals surface area contributed by atoms with Gasteiger partial charge in [0.25, 0.3) is 0 Å². The molecule has 0 saturated heterocycles. The maximum atomic E-state index is 6.15. The number of alkyl halides is 1. The van der Waals surface area contributed by atoms with Gasteiger partial charge in [-0.2, -0.15) is 0 Å². The highest BCUT2D eigenvalue weighted by Crippen LogP contribution is 2.36. The van der Waals surface area contributed by atoms with Crippen molar-refractivity contribution in [3.8, 4) is 0 Å². The summed E-state index contributed by atoms with van der Waals surface area (Å²) in [5.41, 5.74) is 1.89. The molecule has 1 saturated carbocycles. The van der Waals surface area contributed by atoms with Crippen molar-refractivity contribution in [3.63, 3.8) is 0 Å². The molecule has 19 heavy (non-hydrogen) atoms. The van der Waals surface area contributed by atoms with E-state index in [1.807, 2.05) is 0 Å². The molecule has 2 heteroatoms. The topological polar surface area (TPSA) is 9.23 Å². The van der Waals surface area contributed by atoms with Crippen molar-refractivity contribution >= 4 is 15.9 Å². The van der Waals surface area contributed by atoms with Gasteiger partial charge in [0, 0.05) is 11.2 Å². The van der Waals surface area contributed by atoms with E-state index in [0.29, 0.717) is 17.4 Å². The number of benzene rings is 1. The molecule has 1 aromatic rings. The van der Waals surface area contributed by atoms with Crippen LogP contribution in [0, 0.1) is 5.41 Å². The Morgan fingerprint density at radius 1 is 1.21 bits per heavy atom. The minimum Gasteiger partial charge on any atom is -0.378 e. The van der Waals surface area contributed by atoms with E-state index in [-0.39, 0.29) is 0 Å². The second-order valence-corrected chi connectivity index (χ2v) is 7.11. The van der Waals surface area contributed by atoms with Gasteiger partial charge in [0.15, 0.2) is 0 Å². The quantitative estimate of drug-likeness (QED) is 0.680. The van der Waals surface area contributed by atoms with E-state index in [9.17, 15) is 0 Å². The maximum Gasteiger partial charge on any atom is 0.0575 e. The van der Waals surface area contributed by atoms with Crippen LogP contribution in [0.2, 0.25) is 0 Å². The van der Waals surface area contributed by atoms with Crippen LogP contribution in [0.25, 0.3) is 0 Å². The Morgan fingerprint density at radius 2 is 1.84 bits per heavy atom. The van der Waals surface area contributed by atoms with Crippen LogP contribution >= 0.6 is 15.9 Å². The van der Waals surface area contributed by atoms with Crippen LogP contribution < -0.4 is 0 Å². The van der Waals surface area contributed by atoms with Gasteiger partial charge in [-0.15, -0.1) is 0 Å². The lowest BCUT2D eigenvalue weighted by Gasteiger charge is -2.34. The number of ether oxygens (including phenoxy) is 1. The fraction of sp³-hybridized carbons (Fsp3) is 0.647. The Balaban J connectivity index is 1.81. The van der Waals surface area contributed by atoms with E-state index in [1.165, 1.54) is 31.2 Å². The lowest BCUT2D eigenvalue weighted by Crippen LogP contribution is -2.27. The maximum absolute atomic E-state index is 6.15. The standard InChI is InChI=1S/C17H25BrO/c1-17(2)10-8-16(9-11-17)19-13-15(12-18)14-6-4-3-5-7-14/h3-7,15-16H,8-13H2,1-2H3. The molecule has 0 N–H and O–H groups in total. The smallest absolute Gasteiger partial charge is 0.0575 e. The first-order valence-corrected chi connectivity index (χ1v) is 8.45. The van der Waals surface area contributed by atoms with Crippen LogP contribution in [0.5, 0.6) is 0 Å². The van der Waals surface area contributed by atoms with Gasteiger partial charge >= 0.3 is 0 Å². The second kappa shape index (κ2) is 6.90. The average molecular weight is 325 g/mol.